The number of rotatable bonds is 7. The van der Waals surface area contributed by atoms with E-state index in [1.165, 1.54) is 6.20 Å². The van der Waals surface area contributed by atoms with Gasteiger partial charge in [0.25, 0.3) is 11.8 Å². The van der Waals surface area contributed by atoms with Crippen LogP contribution in [0.15, 0.2) is 48.8 Å². The standard InChI is InChI=1S/C22H24ClN5O2/c1-4-19-17(14-25-28(19)20-9-7-8-12-24-20)21(29)26-15-10-11-16(18(23)13-15)22(30)27(5-2)6-3/h7-14H,4-6H2,1-3H3,(H,26,29). The van der Waals surface area contributed by atoms with E-state index in [1.54, 1.807) is 34.0 Å². The van der Waals surface area contributed by atoms with Gasteiger partial charge < -0.3 is 10.2 Å². The topological polar surface area (TPSA) is 80.1 Å². The molecule has 1 aromatic carbocycles. The fourth-order valence-corrected chi connectivity index (χ4v) is 3.49. The second kappa shape index (κ2) is 9.54. The summed E-state index contributed by atoms with van der Waals surface area (Å²) in [6.07, 6.45) is 3.82. The molecule has 7 nitrogen and oxygen atoms in total. The van der Waals surface area contributed by atoms with Crippen molar-refractivity contribution in [3.05, 3.63) is 70.6 Å². The molecule has 0 saturated heterocycles. The predicted octanol–water partition coefficient (Wildman–Crippen LogP) is 4.22. The Morgan fingerprint density at radius 1 is 1.10 bits per heavy atom. The fraction of sp³-hybridized carbons (Fsp3) is 0.273. The SMILES string of the molecule is CCc1c(C(=O)Nc2ccc(C(=O)N(CC)CC)c(Cl)c2)cnn1-c1ccccn1. The van der Waals surface area contributed by atoms with E-state index in [0.29, 0.717) is 47.2 Å². The van der Waals surface area contributed by atoms with Gasteiger partial charge in [0.15, 0.2) is 5.82 Å². The van der Waals surface area contributed by atoms with Crippen molar-refractivity contribution in [3.8, 4) is 5.82 Å². The Morgan fingerprint density at radius 3 is 2.47 bits per heavy atom. The predicted molar refractivity (Wildman–Crippen MR) is 117 cm³/mol. The highest BCUT2D eigenvalue weighted by molar-refractivity contribution is 6.34. The lowest BCUT2D eigenvalue weighted by Gasteiger charge is -2.19. The first-order valence-corrected chi connectivity index (χ1v) is 10.3. The molecule has 0 spiro atoms. The lowest BCUT2D eigenvalue weighted by atomic mass is 10.1. The molecule has 0 fully saturated rings. The Labute approximate surface area is 180 Å². The second-order valence-electron chi connectivity index (χ2n) is 6.58. The van der Waals surface area contributed by atoms with Gasteiger partial charge in [-0.05, 0) is 50.6 Å². The van der Waals surface area contributed by atoms with Gasteiger partial charge in [0.2, 0.25) is 0 Å². The van der Waals surface area contributed by atoms with Crippen LogP contribution in [-0.4, -0.2) is 44.6 Å². The van der Waals surface area contributed by atoms with Crippen molar-refractivity contribution in [1.82, 2.24) is 19.7 Å². The van der Waals surface area contributed by atoms with Gasteiger partial charge >= 0.3 is 0 Å². The van der Waals surface area contributed by atoms with E-state index in [1.807, 2.05) is 39.0 Å². The number of nitrogens with zero attached hydrogens (tertiary/aromatic N) is 4. The number of pyridine rings is 1. The normalized spacial score (nSPS) is 10.7. The van der Waals surface area contributed by atoms with E-state index in [-0.39, 0.29) is 11.8 Å². The average Bonchev–Trinajstić information content (AvgIpc) is 3.19. The molecule has 0 aliphatic carbocycles. The third kappa shape index (κ3) is 4.36. The number of anilines is 1. The minimum atomic E-state index is -0.298. The van der Waals surface area contributed by atoms with E-state index in [4.69, 9.17) is 11.6 Å². The lowest BCUT2D eigenvalue weighted by molar-refractivity contribution is 0.0773. The zero-order valence-corrected chi connectivity index (χ0v) is 18.0. The Balaban J connectivity index is 1.82. The van der Waals surface area contributed by atoms with Crippen molar-refractivity contribution >= 4 is 29.1 Å². The minimum absolute atomic E-state index is 0.132. The Bertz CT molecular complexity index is 1040. The van der Waals surface area contributed by atoms with Crippen molar-refractivity contribution in [1.29, 1.82) is 0 Å². The summed E-state index contributed by atoms with van der Waals surface area (Å²) in [6.45, 7) is 6.99. The number of hydrogen-bond acceptors (Lipinski definition) is 4. The molecule has 30 heavy (non-hydrogen) atoms. The van der Waals surface area contributed by atoms with Crippen molar-refractivity contribution in [3.63, 3.8) is 0 Å². The van der Waals surface area contributed by atoms with E-state index in [0.717, 1.165) is 5.69 Å². The molecule has 0 aliphatic rings. The molecular weight excluding hydrogens is 402 g/mol. The molecule has 2 aromatic heterocycles. The molecule has 2 amide bonds. The van der Waals surface area contributed by atoms with E-state index in [9.17, 15) is 9.59 Å². The molecule has 3 rings (SSSR count). The molecule has 0 atom stereocenters. The van der Waals surface area contributed by atoms with Crippen LogP contribution in [0.25, 0.3) is 5.82 Å². The maximum atomic E-state index is 12.9. The van der Waals surface area contributed by atoms with Gasteiger partial charge in [0, 0.05) is 25.0 Å². The molecule has 8 heteroatoms. The molecule has 0 unspecified atom stereocenters. The smallest absolute Gasteiger partial charge is 0.259 e. The van der Waals surface area contributed by atoms with Crippen molar-refractivity contribution in [2.75, 3.05) is 18.4 Å². The van der Waals surface area contributed by atoms with Gasteiger partial charge in [-0.3, -0.25) is 9.59 Å². The summed E-state index contributed by atoms with van der Waals surface area (Å²) in [4.78, 5) is 31.4. The first-order chi connectivity index (χ1) is 14.5. The number of amides is 2. The summed E-state index contributed by atoms with van der Waals surface area (Å²) < 4.78 is 1.66. The summed E-state index contributed by atoms with van der Waals surface area (Å²) in [7, 11) is 0. The van der Waals surface area contributed by atoms with Crippen molar-refractivity contribution in [2.45, 2.75) is 27.2 Å². The number of halogens is 1. The molecular formula is C22H24ClN5O2. The van der Waals surface area contributed by atoms with Crippen LogP contribution in [0.4, 0.5) is 5.69 Å². The first kappa shape index (κ1) is 21.5. The number of aromatic nitrogens is 3. The second-order valence-corrected chi connectivity index (χ2v) is 6.99. The molecule has 156 valence electrons. The molecule has 0 saturated carbocycles. The molecule has 0 aliphatic heterocycles. The van der Waals surface area contributed by atoms with Crippen LogP contribution in [0.5, 0.6) is 0 Å². The van der Waals surface area contributed by atoms with Crippen molar-refractivity contribution in [2.24, 2.45) is 0 Å². The number of hydrogen-bond donors (Lipinski definition) is 1. The number of nitrogens with one attached hydrogen (secondary N) is 1. The quantitative estimate of drug-likeness (QED) is 0.614. The van der Waals surface area contributed by atoms with Gasteiger partial charge in [-0.15, -0.1) is 0 Å². The zero-order chi connectivity index (χ0) is 21.7. The molecule has 2 heterocycles. The maximum Gasteiger partial charge on any atom is 0.259 e. The Kier molecular flexibility index (Phi) is 6.84. The highest BCUT2D eigenvalue weighted by atomic mass is 35.5. The van der Waals surface area contributed by atoms with Crippen LogP contribution in [0.3, 0.4) is 0 Å². The van der Waals surface area contributed by atoms with Crippen LogP contribution in [0.2, 0.25) is 5.02 Å². The summed E-state index contributed by atoms with van der Waals surface area (Å²) in [6, 6.07) is 10.4. The van der Waals surface area contributed by atoms with Crippen LogP contribution in [-0.2, 0) is 6.42 Å². The van der Waals surface area contributed by atoms with Crippen LogP contribution in [0.1, 0.15) is 47.2 Å². The maximum absolute atomic E-state index is 12.9. The van der Waals surface area contributed by atoms with Gasteiger partial charge in [-0.2, -0.15) is 5.10 Å². The molecule has 0 bridgehead atoms. The van der Waals surface area contributed by atoms with Crippen LogP contribution in [0, 0.1) is 0 Å². The largest absolute Gasteiger partial charge is 0.339 e. The molecule has 3 aromatic rings. The highest BCUT2D eigenvalue weighted by Crippen LogP contribution is 2.24. The molecule has 1 N–H and O–H groups in total. The first-order valence-electron chi connectivity index (χ1n) is 9.88. The monoisotopic (exact) mass is 425 g/mol. The van der Waals surface area contributed by atoms with E-state index in [2.05, 4.69) is 15.4 Å². The average molecular weight is 426 g/mol. The minimum Gasteiger partial charge on any atom is -0.339 e. The highest BCUT2D eigenvalue weighted by Gasteiger charge is 2.20. The van der Waals surface area contributed by atoms with Gasteiger partial charge in [0.1, 0.15) is 0 Å². The Hall–Kier alpha value is -3.19. The van der Waals surface area contributed by atoms with Gasteiger partial charge in [-0.1, -0.05) is 24.6 Å². The van der Waals surface area contributed by atoms with E-state index >= 15 is 0 Å². The van der Waals surface area contributed by atoms with Crippen molar-refractivity contribution < 1.29 is 9.59 Å². The fourth-order valence-electron chi connectivity index (χ4n) is 3.23. The van der Waals surface area contributed by atoms with Gasteiger partial charge in [-0.25, -0.2) is 9.67 Å². The van der Waals surface area contributed by atoms with Gasteiger partial charge in [0.05, 0.1) is 28.0 Å². The number of carbonyl (C=O) groups excluding carboxylic acids is 2. The summed E-state index contributed by atoms with van der Waals surface area (Å²) in [5, 5.41) is 7.47. The summed E-state index contributed by atoms with van der Waals surface area (Å²) in [5.74, 6) is 0.219. The lowest BCUT2D eigenvalue weighted by Crippen LogP contribution is -2.30. The number of benzene rings is 1. The summed E-state index contributed by atoms with van der Waals surface area (Å²) >= 11 is 6.33. The Morgan fingerprint density at radius 2 is 1.87 bits per heavy atom. The number of carbonyl (C=O) groups is 2. The summed E-state index contributed by atoms with van der Waals surface area (Å²) in [5.41, 5.74) is 2.14. The van der Waals surface area contributed by atoms with E-state index < -0.39 is 0 Å². The zero-order valence-electron chi connectivity index (χ0n) is 17.2. The molecule has 0 radical (unpaired) electrons. The third-order valence-corrected chi connectivity index (χ3v) is 5.14. The third-order valence-electron chi connectivity index (χ3n) is 4.82. The van der Waals surface area contributed by atoms with Crippen LogP contribution >= 0.6 is 11.6 Å². The van der Waals surface area contributed by atoms with Crippen LogP contribution < -0.4 is 5.32 Å².